The molecule has 0 unspecified atom stereocenters. The SMILES string of the molecule is C=C=Cn1cc(C#N)c2c(C(C)C)nc(C(C)C)nc21. The third kappa shape index (κ3) is 2.24. The monoisotopic (exact) mass is 266 g/mol. The number of aromatic nitrogens is 3. The first-order chi connectivity index (χ1) is 9.49. The Morgan fingerprint density at radius 3 is 2.45 bits per heavy atom. The minimum absolute atomic E-state index is 0.230. The van der Waals surface area contributed by atoms with Crippen LogP contribution in [0, 0.1) is 11.3 Å². The summed E-state index contributed by atoms with van der Waals surface area (Å²) in [6.45, 7) is 11.9. The fraction of sp³-hybridized carbons (Fsp3) is 0.375. The predicted molar refractivity (Wildman–Crippen MR) is 80.3 cm³/mol. The first kappa shape index (κ1) is 14.0. The average molecular weight is 266 g/mol. The lowest BCUT2D eigenvalue weighted by Gasteiger charge is -2.11. The van der Waals surface area contributed by atoms with Crippen molar-refractivity contribution in [3.05, 3.63) is 35.6 Å². The van der Waals surface area contributed by atoms with Crippen LogP contribution in [0.2, 0.25) is 0 Å². The molecule has 102 valence electrons. The summed E-state index contributed by atoms with van der Waals surface area (Å²) in [6, 6.07) is 2.22. The van der Waals surface area contributed by atoms with Crippen LogP contribution >= 0.6 is 0 Å². The topological polar surface area (TPSA) is 54.5 Å². The molecular formula is C16H18N4. The molecule has 0 fully saturated rings. The van der Waals surface area contributed by atoms with Gasteiger partial charge in [-0.15, -0.1) is 5.73 Å². The predicted octanol–water partition coefficient (Wildman–Crippen LogP) is 3.81. The van der Waals surface area contributed by atoms with Gasteiger partial charge >= 0.3 is 0 Å². The fourth-order valence-corrected chi connectivity index (χ4v) is 2.15. The van der Waals surface area contributed by atoms with Gasteiger partial charge in [-0.1, -0.05) is 34.3 Å². The molecule has 0 aromatic carbocycles. The molecule has 0 aliphatic heterocycles. The molecule has 0 saturated carbocycles. The van der Waals surface area contributed by atoms with Crippen LogP contribution in [0.4, 0.5) is 0 Å². The molecule has 2 rings (SSSR count). The van der Waals surface area contributed by atoms with Crippen LogP contribution in [0.1, 0.15) is 56.6 Å². The summed E-state index contributed by atoms with van der Waals surface area (Å²) in [5, 5.41) is 10.2. The zero-order valence-electron chi connectivity index (χ0n) is 12.3. The molecule has 0 saturated heterocycles. The molecule has 0 atom stereocenters. The van der Waals surface area contributed by atoms with Crippen molar-refractivity contribution in [2.24, 2.45) is 0 Å². The van der Waals surface area contributed by atoms with Crippen molar-refractivity contribution in [3.63, 3.8) is 0 Å². The molecule has 0 N–H and O–H groups in total. The molecule has 0 amide bonds. The van der Waals surface area contributed by atoms with Crippen molar-refractivity contribution in [2.45, 2.75) is 39.5 Å². The van der Waals surface area contributed by atoms with Gasteiger partial charge in [0.1, 0.15) is 17.5 Å². The van der Waals surface area contributed by atoms with E-state index in [2.05, 4.69) is 56.0 Å². The van der Waals surface area contributed by atoms with Gasteiger partial charge in [0.05, 0.1) is 22.8 Å². The van der Waals surface area contributed by atoms with Gasteiger partial charge in [-0.05, 0) is 5.92 Å². The molecule has 20 heavy (non-hydrogen) atoms. The number of rotatable bonds is 3. The molecule has 0 aliphatic carbocycles. The molecule has 0 aliphatic rings. The lowest BCUT2D eigenvalue weighted by Crippen LogP contribution is -2.05. The Morgan fingerprint density at radius 1 is 1.25 bits per heavy atom. The standard InChI is InChI=1S/C16H18N4/c1-6-7-20-9-12(8-17)13-14(10(2)3)18-15(11(4)5)19-16(13)20/h7,9-11H,1H2,2-5H3. The highest BCUT2D eigenvalue weighted by Crippen LogP contribution is 2.29. The summed E-state index contributed by atoms with van der Waals surface area (Å²) in [4.78, 5) is 9.26. The molecule has 2 heterocycles. The Labute approximate surface area is 119 Å². The molecule has 2 aromatic rings. The van der Waals surface area contributed by atoms with Crippen molar-refractivity contribution in [1.82, 2.24) is 14.5 Å². The summed E-state index contributed by atoms with van der Waals surface area (Å²) in [6.07, 6.45) is 3.44. The fourth-order valence-electron chi connectivity index (χ4n) is 2.15. The Hall–Kier alpha value is -2.37. The largest absolute Gasteiger partial charge is 0.299 e. The maximum Gasteiger partial charge on any atom is 0.149 e. The Balaban J connectivity index is 2.94. The van der Waals surface area contributed by atoms with Crippen molar-refractivity contribution in [2.75, 3.05) is 0 Å². The van der Waals surface area contributed by atoms with E-state index in [4.69, 9.17) is 0 Å². The lowest BCUT2D eigenvalue weighted by atomic mass is 10.0. The van der Waals surface area contributed by atoms with Gasteiger partial charge in [0.25, 0.3) is 0 Å². The van der Waals surface area contributed by atoms with Crippen LogP contribution in [-0.4, -0.2) is 14.5 Å². The Bertz CT molecular complexity index is 738. The van der Waals surface area contributed by atoms with Crippen LogP contribution in [0.3, 0.4) is 0 Å². The zero-order chi connectivity index (χ0) is 14.9. The number of hydrogen-bond acceptors (Lipinski definition) is 3. The van der Waals surface area contributed by atoms with Gasteiger partial charge in [-0.2, -0.15) is 5.26 Å². The van der Waals surface area contributed by atoms with Gasteiger partial charge in [0.15, 0.2) is 0 Å². The molecule has 4 nitrogen and oxygen atoms in total. The van der Waals surface area contributed by atoms with Crippen LogP contribution < -0.4 is 0 Å². The summed E-state index contributed by atoms with van der Waals surface area (Å²) in [5.41, 5.74) is 4.99. The highest BCUT2D eigenvalue weighted by atomic mass is 15.0. The van der Waals surface area contributed by atoms with Gasteiger partial charge in [0, 0.05) is 12.1 Å². The van der Waals surface area contributed by atoms with Crippen molar-refractivity contribution in [1.29, 1.82) is 5.26 Å². The maximum atomic E-state index is 9.33. The third-order valence-electron chi connectivity index (χ3n) is 3.13. The number of nitrogens with zero attached hydrogens (tertiary/aromatic N) is 4. The molecule has 2 aromatic heterocycles. The second-order valence-corrected chi connectivity index (χ2v) is 5.37. The van der Waals surface area contributed by atoms with Gasteiger partial charge < -0.3 is 0 Å². The molecule has 0 spiro atoms. The van der Waals surface area contributed by atoms with Crippen LogP contribution in [0.5, 0.6) is 0 Å². The highest BCUT2D eigenvalue weighted by Gasteiger charge is 2.19. The van der Waals surface area contributed by atoms with E-state index in [0.717, 1.165) is 22.6 Å². The Kier molecular flexibility index (Phi) is 3.74. The second-order valence-electron chi connectivity index (χ2n) is 5.37. The van der Waals surface area contributed by atoms with Crippen molar-refractivity contribution in [3.8, 4) is 6.07 Å². The quantitative estimate of drug-likeness (QED) is 0.794. The van der Waals surface area contributed by atoms with E-state index in [9.17, 15) is 5.26 Å². The first-order valence-electron chi connectivity index (χ1n) is 6.68. The van der Waals surface area contributed by atoms with E-state index < -0.39 is 0 Å². The van der Waals surface area contributed by atoms with Crippen molar-refractivity contribution >= 4 is 17.2 Å². The maximum absolute atomic E-state index is 9.33. The molecule has 4 heteroatoms. The van der Waals surface area contributed by atoms with Gasteiger partial charge in [-0.3, -0.25) is 4.57 Å². The Morgan fingerprint density at radius 2 is 1.95 bits per heavy atom. The minimum atomic E-state index is 0.230. The second kappa shape index (κ2) is 5.32. The van der Waals surface area contributed by atoms with Crippen LogP contribution in [0.15, 0.2) is 18.5 Å². The molecular weight excluding hydrogens is 248 g/mol. The highest BCUT2D eigenvalue weighted by molar-refractivity contribution is 5.87. The number of hydrogen-bond donors (Lipinski definition) is 0. The first-order valence-corrected chi connectivity index (χ1v) is 6.68. The van der Waals surface area contributed by atoms with E-state index in [1.807, 2.05) is 0 Å². The van der Waals surface area contributed by atoms with Gasteiger partial charge in [-0.25, -0.2) is 9.97 Å². The van der Waals surface area contributed by atoms with Crippen LogP contribution in [0.25, 0.3) is 17.2 Å². The zero-order valence-corrected chi connectivity index (χ0v) is 12.3. The summed E-state index contributed by atoms with van der Waals surface area (Å²) in [7, 11) is 0. The average Bonchev–Trinajstić information content (AvgIpc) is 2.76. The third-order valence-corrected chi connectivity index (χ3v) is 3.13. The summed E-state index contributed by atoms with van der Waals surface area (Å²) < 4.78 is 1.79. The summed E-state index contributed by atoms with van der Waals surface area (Å²) in [5.74, 6) is 1.26. The van der Waals surface area contributed by atoms with E-state index in [1.54, 1.807) is 17.0 Å². The lowest BCUT2D eigenvalue weighted by molar-refractivity contribution is 0.740. The van der Waals surface area contributed by atoms with Gasteiger partial charge in [0.2, 0.25) is 0 Å². The van der Waals surface area contributed by atoms with E-state index in [1.165, 1.54) is 0 Å². The van der Waals surface area contributed by atoms with E-state index in [-0.39, 0.29) is 11.8 Å². The van der Waals surface area contributed by atoms with Crippen molar-refractivity contribution < 1.29 is 0 Å². The minimum Gasteiger partial charge on any atom is -0.299 e. The smallest absolute Gasteiger partial charge is 0.149 e. The van der Waals surface area contributed by atoms with E-state index >= 15 is 0 Å². The number of fused-ring (bicyclic) bond motifs is 1. The van der Waals surface area contributed by atoms with E-state index in [0.29, 0.717) is 5.56 Å². The molecule has 0 radical (unpaired) electrons. The normalized spacial score (nSPS) is 10.8. The molecule has 0 bridgehead atoms. The van der Waals surface area contributed by atoms with Crippen LogP contribution in [-0.2, 0) is 0 Å². The summed E-state index contributed by atoms with van der Waals surface area (Å²) >= 11 is 0. The number of nitriles is 1.